The molecule has 1 aromatic rings. The summed E-state index contributed by atoms with van der Waals surface area (Å²) in [6, 6.07) is 6.66. The third-order valence-electron chi connectivity index (χ3n) is 8.74. The van der Waals surface area contributed by atoms with Crippen LogP contribution in [0, 0.1) is 29.0 Å². The smallest absolute Gasteiger partial charge is 0.315 e. The Morgan fingerprint density at radius 3 is 2.68 bits per heavy atom. The van der Waals surface area contributed by atoms with E-state index in [0.717, 1.165) is 57.7 Å². The number of quaternary nitrogens is 1. The molecule has 1 saturated carbocycles. The van der Waals surface area contributed by atoms with Crippen molar-refractivity contribution in [2.75, 3.05) is 37.6 Å². The van der Waals surface area contributed by atoms with E-state index in [1.54, 1.807) is 0 Å². The largest absolute Gasteiger partial charge is 0.461 e. The summed E-state index contributed by atoms with van der Waals surface area (Å²) in [6.45, 7) is 8.75. The number of benzene rings is 1. The first-order valence-corrected chi connectivity index (χ1v) is 11.8. The van der Waals surface area contributed by atoms with Crippen molar-refractivity contribution in [3.8, 4) is 0 Å². The van der Waals surface area contributed by atoms with Gasteiger partial charge in [0, 0.05) is 23.4 Å². The first-order chi connectivity index (χ1) is 14.9. The van der Waals surface area contributed by atoms with Gasteiger partial charge in [0.05, 0.1) is 38.8 Å². The number of rotatable bonds is 3. The maximum atomic E-state index is 13.2. The van der Waals surface area contributed by atoms with Crippen molar-refractivity contribution in [3.05, 3.63) is 41.7 Å². The van der Waals surface area contributed by atoms with Crippen molar-refractivity contribution in [2.45, 2.75) is 45.3 Å². The van der Waals surface area contributed by atoms with Crippen LogP contribution in [0.2, 0.25) is 0 Å². The van der Waals surface area contributed by atoms with Crippen molar-refractivity contribution >= 4 is 11.7 Å². The minimum Gasteiger partial charge on any atom is -0.461 e. The van der Waals surface area contributed by atoms with Crippen molar-refractivity contribution in [1.82, 2.24) is 0 Å². The molecule has 31 heavy (non-hydrogen) atoms. The molecule has 0 bridgehead atoms. The number of nitrogens with zero attached hydrogens (tertiary/aromatic N) is 1. The molecule has 0 radical (unpaired) electrons. The Morgan fingerprint density at radius 2 is 1.97 bits per heavy atom. The number of allylic oxidation sites excluding steroid dienone is 1. The maximum absolute atomic E-state index is 13.2. The Bertz CT molecular complexity index is 864. The molecule has 3 fully saturated rings. The number of carbonyl (C=O) groups is 1. The Kier molecular flexibility index (Phi) is 5.33. The Morgan fingerprint density at radius 1 is 1.26 bits per heavy atom. The van der Waals surface area contributed by atoms with Gasteiger partial charge < -0.3 is 19.6 Å². The molecule has 5 rings (SSSR count). The highest BCUT2D eigenvalue weighted by atomic mass is 19.1. The number of hydrogen-bond donors (Lipinski definition) is 2. The van der Waals surface area contributed by atoms with Gasteiger partial charge in [0.1, 0.15) is 17.8 Å². The lowest BCUT2D eigenvalue weighted by Gasteiger charge is -2.51. The number of aliphatic hydroxyl groups is 1. The van der Waals surface area contributed by atoms with E-state index in [-0.39, 0.29) is 35.1 Å². The molecule has 0 spiro atoms. The SMILES string of the molecule is C[C@@H]1CCC=C2C[C@H]3OC(=O)[C@@H](C[NH+]4CCN(c5ccc(F)cc5)CC4)[C@H]3[C@@H](O)[C@@]21C. The summed E-state index contributed by atoms with van der Waals surface area (Å²) in [5, 5.41) is 11.5. The van der Waals surface area contributed by atoms with Gasteiger partial charge in [-0.05, 0) is 43.0 Å². The van der Waals surface area contributed by atoms with E-state index in [0.29, 0.717) is 5.92 Å². The zero-order valence-electron chi connectivity index (χ0n) is 18.5. The van der Waals surface area contributed by atoms with E-state index in [1.807, 2.05) is 12.1 Å². The molecule has 6 heteroatoms. The van der Waals surface area contributed by atoms with E-state index in [9.17, 15) is 14.3 Å². The third-order valence-corrected chi connectivity index (χ3v) is 8.74. The molecule has 1 aromatic carbocycles. The van der Waals surface area contributed by atoms with Crippen molar-refractivity contribution < 1.29 is 23.9 Å². The third kappa shape index (κ3) is 3.48. The monoisotopic (exact) mass is 429 g/mol. The fourth-order valence-corrected chi connectivity index (χ4v) is 6.55. The van der Waals surface area contributed by atoms with Gasteiger partial charge in [-0.15, -0.1) is 0 Å². The average Bonchev–Trinajstić information content (AvgIpc) is 3.07. The predicted octanol–water partition coefficient (Wildman–Crippen LogP) is 1.82. The highest BCUT2D eigenvalue weighted by molar-refractivity contribution is 5.76. The summed E-state index contributed by atoms with van der Waals surface area (Å²) in [7, 11) is 0. The van der Waals surface area contributed by atoms with Gasteiger partial charge in [0.15, 0.2) is 0 Å². The number of hydrogen-bond acceptors (Lipinski definition) is 4. The molecule has 2 saturated heterocycles. The molecule has 4 aliphatic rings. The molecule has 2 aliphatic carbocycles. The molecule has 2 heterocycles. The average molecular weight is 430 g/mol. The molecular weight excluding hydrogens is 395 g/mol. The van der Waals surface area contributed by atoms with Crippen LogP contribution in [-0.4, -0.2) is 56.0 Å². The molecule has 2 N–H and O–H groups in total. The molecular formula is C25H34FN2O3+. The van der Waals surface area contributed by atoms with Gasteiger partial charge in [-0.2, -0.15) is 0 Å². The van der Waals surface area contributed by atoms with E-state index >= 15 is 0 Å². The predicted molar refractivity (Wildman–Crippen MR) is 116 cm³/mol. The Labute approximate surface area is 183 Å². The fraction of sp³-hybridized carbons (Fsp3) is 0.640. The zero-order valence-corrected chi connectivity index (χ0v) is 18.5. The minimum atomic E-state index is -0.538. The first kappa shape index (κ1) is 21.0. The van der Waals surface area contributed by atoms with Crippen molar-refractivity contribution in [2.24, 2.45) is 23.2 Å². The van der Waals surface area contributed by atoms with E-state index in [1.165, 1.54) is 22.6 Å². The summed E-state index contributed by atoms with van der Waals surface area (Å²) in [4.78, 5) is 16.5. The second-order valence-corrected chi connectivity index (χ2v) is 10.2. The number of esters is 1. The molecule has 2 aliphatic heterocycles. The van der Waals surface area contributed by atoms with E-state index < -0.39 is 6.10 Å². The standard InChI is InChI=1S/C25H33FN2O3/c1-16-4-3-5-17-14-21-22(23(29)25(16,17)2)20(24(30)31-21)15-27-10-12-28(13-11-27)19-8-6-18(26)7-9-19/h5-9,16,20-23,29H,3-4,10-15H2,1-2H3/p+1/t16-,20+,21-,22-,23-,25-/m1/s1. The van der Waals surface area contributed by atoms with Crippen LogP contribution in [0.4, 0.5) is 10.1 Å². The van der Waals surface area contributed by atoms with Crippen LogP contribution in [0.15, 0.2) is 35.9 Å². The number of piperazine rings is 1. The number of anilines is 1. The molecule has 0 unspecified atom stereocenters. The number of ether oxygens (including phenoxy) is 1. The highest BCUT2D eigenvalue weighted by Gasteiger charge is 2.60. The lowest BCUT2D eigenvalue weighted by atomic mass is 9.55. The summed E-state index contributed by atoms with van der Waals surface area (Å²) in [5.74, 6) is -0.283. The number of fused-ring (bicyclic) bond motifs is 2. The van der Waals surface area contributed by atoms with Gasteiger partial charge in [-0.3, -0.25) is 4.79 Å². The number of aliphatic hydroxyl groups excluding tert-OH is 1. The molecule has 0 amide bonds. The van der Waals surface area contributed by atoms with Gasteiger partial charge in [-0.25, -0.2) is 4.39 Å². The molecule has 0 aromatic heterocycles. The van der Waals surface area contributed by atoms with Gasteiger partial charge in [-0.1, -0.05) is 25.5 Å². The lowest BCUT2D eigenvalue weighted by molar-refractivity contribution is -0.903. The molecule has 5 nitrogen and oxygen atoms in total. The van der Waals surface area contributed by atoms with Gasteiger partial charge >= 0.3 is 5.97 Å². The first-order valence-electron chi connectivity index (χ1n) is 11.8. The van der Waals surface area contributed by atoms with Crippen LogP contribution in [0.3, 0.4) is 0 Å². The van der Waals surface area contributed by atoms with Crippen molar-refractivity contribution in [3.63, 3.8) is 0 Å². The normalized spacial score (nSPS) is 38.3. The van der Waals surface area contributed by atoms with Crippen LogP contribution in [-0.2, 0) is 9.53 Å². The number of halogens is 1. The van der Waals surface area contributed by atoms with Gasteiger partial charge in [0.25, 0.3) is 0 Å². The summed E-state index contributed by atoms with van der Waals surface area (Å²) in [6.07, 6.45) is 4.47. The second-order valence-electron chi connectivity index (χ2n) is 10.2. The van der Waals surface area contributed by atoms with Gasteiger partial charge in [0.2, 0.25) is 0 Å². The van der Waals surface area contributed by atoms with Crippen LogP contribution >= 0.6 is 0 Å². The van der Waals surface area contributed by atoms with E-state index in [2.05, 4.69) is 24.8 Å². The van der Waals surface area contributed by atoms with E-state index in [4.69, 9.17) is 4.74 Å². The number of carbonyl (C=O) groups excluding carboxylic acids is 1. The van der Waals surface area contributed by atoms with Crippen LogP contribution in [0.25, 0.3) is 0 Å². The summed E-state index contributed by atoms with van der Waals surface area (Å²) in [5.41, 5.74) is 2.08. The number of nitrogens with one attached hydrogen (secondary N) is 1. The summed E-state index contributed by atoms with van der Waals surface area (Å²) < 4.78 is 19.0. The molecule has 168 valence electrons. The Hall–Kier alpha value is -1.92. The lowest BCUT2D eigenvalue weighted by Crippen LogP contribution is -3.15. The van der Waals surface area contributed by atoms with Crippen molar-refractivity contribution in [1.29, 1.82) is 0 Å². The quantitative estimate of drug-likeness (QED) is 0.569. The summed E-state index contributed by atoms with van der Waals surface area (Å²) >= 11 is 0. The van der Waals surface area contributed by atoms with Crippen LogP contribution in [0.5, 0.6) is 0 Å². The molecule has 6 atom stereocenters. The highest BCUT2D eigenvalue weighted by Crippen LogP contribution is 2.55. The topological polar surface area (TPSA) is 54.2 Å². The van der Waals surface area contributed by atoms with Crippen LogP contribution < -0.4 is 9.80 Å². The maximum Gasteiger partial charge on any atom is 0.315 e. The zero-order chi connectivity index (χ0) is 21.8. The fourth-order valence-electron chi connectivity index (χ4n) is 6.55. The minimum absolute atomic E-state index is 0.113. The second kappa shape index (κ2) is 7.89. The Balaban J connectivity index is 1.27. The van der Waals surface area contributed by atoms with Crippen LogP contribution in [0.1, 0.15) is 33.1 Å².